The molecule has 0 spiro atoms. The molecule has 0 aliphatic heterocycles. The number of primary amides is 2. The zero-order valence-electron chi connectivity index (χ0n) is 19.9. The normalized spacial score (nSPS) is 13.9. The van der Waals surface area contributed by atoms with Crippen molar-refractivity contribution in [2.75, 3.05) is 12.0 Å². The third-order valence-corrected chi connectivity index (χ3v) is 5.50. The average Bonchev–Trinajstić information content (AvgIpc) is 2.79. The zero-order valence-corrected chi connectivity index (χ0v) is 20.7. The Morgan fingerprint density at radius 2 is 1.14 bits per heavy atom. The summed E-state index contributed by atoms with van der Waals surface area (Å²) in [4.78, 5) is 82.3. The Kier molecular flexibility index (Phi) is 15.5. The van der Waals surface area contributed by atoms with E-state index in [4.69, 9.17) is 22.3 Å². The average molecular weight is 535 g/mol. The van der Waals surface area contributed by atoms with E-state index in [0.717, 1.165) is 0 Å². The van der Waals surface area contributed by atoms with E-state index >= 15 is 0 Å². The number of thioether (sulfide) groups is 1. The first-order valence-electron chi connectivity index (χ1n) is 10.9. The van der Waals surface area contributed by atoms with E-state index in [9.17, 15) is 38.7 Å². The highest BCUT2D eigenvalue weighted by Gasteiger charge is 2.30. The Bertz CT molecular complexity index is 825. The van der Waals surface area contributed by atoms with Gasteiger partial charge < -0.3 is 43.4 Å². The fraction of sp³-hybridized carbons (Fsp3) is 0.650. The minimum Gasteiger partial charge on any atom is -0.481 e. The molecule has 0 heterocycles. The summed E-state index contributed by atoms with van der Waals surface area (Å²) in [7, 11) is 0. The molecule has 16 heteroatoms. The van der Waals surface area contributed by atoms with Crippen LogP contribution in [0.25, 0.3) is 0 Å². The Labute approximate surface area is 211 Å². The first-order valence-corrected chi connectivity index (χ1v) is 12.3. The van der Waals surface area contributed by atoms with Crippen molar-refractivity contribution in [3.63, 3.8) is 0 Å². The van der Waals surface area contributed by atoms with Gasteiger partial charge in [0.05, 0.1) is 6.04 Å². The molecule has 0 aromatic carbocycles. The Morgan fingerprint density at radius 3 is 1.61 bits per heavy atom. The van der Waals surface area contributed by atoms with E-state index in [-0.39, 0.29) is 38.5 Å². The van der Waals surface area contributed by atoms with E-state index in [0.29, 0.717) is 5.75 Å². The lowest BCUT2D eigenvalue weighted by molar-refractivity contribution is -0.143. The van der Waals surface area contributed by atoms with Gasteiger partial charge in [-0.25, -0.2) is 4.79 Å². The van der Waals surface area contributed by atoms with Crippen molar-refractivity contribution in [3.8, 4) is 0 Å². The number of rotatable bonds is 19. The maximum atomic E-state index is 12.9. The van der Waals surface area contributed by atoms with Gasteiger partial charge in [0.2, 0.25) is 29.5 Å². The standard InChI is InChI=1S/C20H34N6O9S/c1-36-9-8-12(19(33)26-13(20(34)35)4-7-16(29)30)25-18(32)11(3-6-15(23)28)24-17(31)10(21)2-5-14(22)27/h10-13H,2-9,21H2,1H3,(H2,22,27)(H2,23,28)(H,24,31)(H,25,32)(H,26,33)(H,29,30)(H,34,35). The van der Waals surface area contributed by atoms with E-state index in [1.54, 1.807) is 6.26 Å². The number of carboxylic acid groups (broad SMARTS) is 2. The molecule has 5 amide bonds. The molecule has 0 bridgehead atoms. The molecule has 4 atom stereocenters. The topological polar surface area (TPSA) is 274 Å². The molecule has 204 valence electrons. The molecule has 0 radical (unpaired) electrons. The van der Waals surface area contributed by atoms with Gasteiger partial charge in [0.25, 0.3) is 0 Å². The maximum absolute atomic E-state index is 12.9. The van der Waals surface area contributed by atoms with Gasteiger partial charge in [-0.15, -0.1) is 0 Å². The van der Waals surface area contributed by atoms with Gasteiger partial charge in [-0.2, -0.15) is 11.8 Å². The molecule has 0 aromatic heterocycles. The number of amides is 5. The Balaban J connectivity index is 5.52. The van der Waals surface area contributed by atoms with Gasteiger partial charge in [-0.1, -0.05) is 0 Å². The van der Waals surface area contributed by atoms with Crippen LogP contribution >= 0.6 is 11.8 Å². The molecule has 0 saturated heterocycles. The van der Waals surface area contributed by atoms with Crippen LogP contribution < -0.4 is 33.2 Å². The smallest absolute Gasteiger partial charge is 0.326 e. The second-order valence-corrected chi connectivity index (χ2v) is 8.84. The van der Waals surface area contributed by atoms with Crippen LogP contribution in [0.5, 0.6) is 0 Å². The van der Waals surface area contributed by atoms with Gasteiger partial charge in [-0.05, 0) is 37.7 Å². The summed E-state index contributed by atoms with van der Waals surface area (Å²) in [5.74, 6) is -6.25. The van der Waals surface area contributed by atoms with E-state index < -0.39 is 72.1 Å². The molecule has 4 unspecified atom stereocenters. The number of nitrogens with two attached hydrogens (primary N) is 3. The molecule has 0 aromatic rings. The van der Waals surface area contributed by atoms with Crippen LogP contribution in [0.4, 0.5) is 0 Å². The molecule has 15 nitrogen and oxygen atoms in total. The van der Waals surface area contributed by atoms with Crippen LogP contribution in [0.1, 0.15) is 44.9 Å². The lowest BCUT2D eigenvalue weighted by Gasteiger charge is -2.25. The minimum absolute atomic E-state index is 0.0820. The number of nitrogens with one attached hydrogen (secondary N) is 3. The van der Waals surface area contributed by atoms with Gasteiger partial charge in [0.1, 0.15) is 18.1 Å². The fourth-order valence-corrected chi connectivity index (χ4v) is 3.31. The summed E-state index contributed by atoms with van der Waals surface area (Å²) in [5.41, 5.74) is 15.9. The maximum Gasteiger partial charge on any atom is 0.326 e. The molecule has 0 fully saturated rings. The van der Waals surface area contributed by atoms with Crippen LogP contribution in [0.15, 0.2) is 0 Å². The Morgan fingerprint density at radius 1 is 0.694 bits per heavy atom. The van der Waals surface area contributed by atoms with Crippen molar-refractivity contribution in [1.82, 2.24) is 16.0 Å². The number of carboxylic acids is 2. The summed E-state index contributed by atoms with van der Waals surface area (Å²) in [6.45, 7) is 0. The van der Waals surface area contributed by atoms with E-state index in [1.807, 2.05) is 0 Å². The molecule has 0 rings (SSSR count). The molecular formula is C20H34N6O9S. The predicted molar refractivity (Wildman–Crippen MR) is 128 cm³/mol. The van der Waals surface area contributed by atoms with Crippen molar-refractivity contribution in [3.05, 3.63) is 0 Å². The van der Waals surface area contributed by atoms with Crippen LogP contribution in [0.3, 0.4) is 0 Å². The van der Waals surface area contributed by atoms with Crippen LogP contribution in [-0.2, 0) is 33.6 Å². The molecule has 36 heavy (non-hydrogen) atoms. The first-order chi connectivity index (χ1) is 16.8. The number of aliphatic carboxylic acids is 2. The molecular weight excluding hydrogens is 500 g/mol. The second-order valence-electron chi connectivity index (χ2n) is 7.85. The van der Waals surface area contributed by atoms with Gasteiger partial charge in [0.15, 0.2) is 0 Å². The van der Waals surface area contributed by atoms with Crippen LogP contribution in [-0.4, -0.2) is 87.9 Å². The summed E-state index contributed by atoms with van der Waals surface area (Å²) in [6, 6.07) is -5.23. The minimum atomic E-state index is -1.50. The Hall–Kier alpha value is -3.40. The molecule has 0 aliphatic carbocycles. The third-order valence-electron chi connectivity index (χ3n) is 4.86. The van der Waals surface area contributed by atoms with Crippen LogP contribution in [0.2, 0.25) is 0 Å². The van der Waals surface area contributed by atoms with Crippen molar-refractivity contribution in [2.45, 2.75) is 69.1 Å². The van der Waals surface area contributed by atoms with Gasteiger partial charge in [-0.3, -0.25) is 28.8 Å². The number of hydrogen-bond donors (Lipinski definition) is 8. The molecule has 0 saturated carbocycles. The summed E-state index contributed by atoms with van der Waals surface area (Å²) >= 11 is 1.35. The summed E-state index contributed by atoms with van der Waals surface area (Å²) in [5, 5.41) is 25.1. The van der Waals surface area contributed by atoms with Gasteiger partial charge >= 0.3 is 11.9 Å². The highest BCUT2D eigenvalue weighted by molar-refractivity contribution is 7.98. The largest absolute Gasteiger partial charge is 0.481 e. The number of hydrogen-bond acceptors (Lipinski definition) is 9. The SMILES string of the molecule is CSCCC(NC(=O)C(CCC(N)=O)NC(=O)C(N)CCC(N)=O)C(=O)NC(CCC(=O)O)C(=O)O. The van der Waals surface area contributed by atoms with E-state index in [1.165, 1.54) is 11.8 Å². The van der Waals surface area contributed by atoms with E-state index in [2.05, 4.69) is 16.0 Å². The monoisotopic (exact) mass is 534 g/mol. The quantitative estimate of drug-likeness (QED) is 0.0826. The number of carbonyl (C=O) groups is 7. The first kappa shape index (κ1) is 32.6. The van der Waals surface area contributed by atoms with Gasteiger partial charge in [0, 0.05) is 19.3 Å². The zero-order chi connectivity index (χ0) is 27.8. The molecule has 0 aliphatic rings. The van der Waals surface area contributed by atoms with Crippen molar-refractivity contribution >= 4 is 53.2 Å². The second kappa shape index (κ2) is 17.1. The predicted octanol–water partition coefficient (Wildman–Crippen LogP) is -3.00. The molecule has 11 N–H and O–H groups in total. The highest BCUT2D eigenvalue weighted by atomic mass is 32.2. The summed E-state index contributed by atoms with van der Waals surface area (Å²) < 4.78 is 0. The third kappa shape index (κ3) is 14.1. The lowest BCUT2D eigenvalue weighted by Crippen LogP contribution is -2.57. The fourth-order valence-electron chi connectivity index (χ4n) is 2.84. The lowest BCUT2D eigenvalue weighted by atomic mass is 10.1. The van der Waals surface area contributed by atoms with Crippen molar-refractivity contribution < 1.29 is 43.8 Å². The van der Waals surface area contributed by atoms with Crippen molar-refractivity contribution in [1.29, 1.82) is 0 Å². The van der Waals surface area contributed by atoms with Crippen LogP contribution in [0, 0.1) is 0 Å². The number of carbonyl (C=O) groups excluding carboxylic acids is 5. The van der Waals surface area contributed by atoms with Crippen molar-refractivity contribution in [2.24, 2.45) is 17.2 Å². The summed E-state index contributed by atoms with van der Waals surface area (Å²) in [6.07, 6.45) is 0.185. The highest BCUT2D eigenvalue weighted by Crippen LogP contribution is 2.07.